The number of hydrogen-bond acceptors (Lipinski definition) is 2. The quantitative estimate of drug-likeness (QED) is 0.141. The summed E-state index contributed by atoms with van der Waals surface area (Å²) in [5.74, 6) is 0. The molecule has 15 rings (SSSR count). The van der Waals surface area contributed by atoms with Crippen molar-refractivity contribution in [3.8, 4) is 61.3 Å². The Morgan fingerprint density at radius 3 is 1.00 bits per heavy atom. The van der Waals surface area contributed by atoms with Gasteiger partial charge in [0.25, 0.3) is 6.71 Å². The lowest BCUT2D eigenvalue weighted by atomic mass is 9.33. The zero-order valence-electron chi connectivity index (χ0n) is 83.9. The first kappa shape index (κ1) is 78.6. The molecule has 0 N–H and O–H groups in total. The molecule has 4 heteroatoms. The number of fused-ring (bicyclic) bond motifs is 7. The van der Waals surface area contributed by atoms with E-state index >= 15 is 0 Å². The summed E-state index contributed by atoms with van der Waals surface area (Å²) in [5.41, 5.74) is 32.8. The molecule has 0 saturated heterocycles. The maximum Gasteiger partial charge on any atom is 0.252 e. The number of anilines is 6. The molecule has 0 aliphatic carbocycles. The van der Waals surface area contributed by atoms with Crippen molar-refractivity contribution in [2.45, 2.75) is 288 Å². The summed E-state index contributed by atoms with van der Waals surface area (Å²) < 4.78 is 50.2. The van der Waals surface area contributed by atoms with E-state index in [0.717, 1.165) is 112 Å². The van der Waals surface area contributed by atoms with Crippen molar-refractivity contribution in [1.29, 1.82) is 0 Å². The Morgan fingerprint density at radius 2 is 0.575 bits per heavy atom. The Bertz CT molecular complexity index is 6420. The van der Waals surface area contributed by atoms with Gasteiger partial charge in [-0.15, -0.1) is 0 Å². The molecule has 0 bridgehead atoms. The van der Waals surface area contributed by atoms with Crippen molar-refractivity contribution < 1.29 is 6.85 Å². The second-order valence-electron chi connectivity index (χ2n) is 46.6. The van der Waals surface area contributed by atoms with E-state index in [1.165, 1.54) is 72.0 Å². The van der Waals surface area contributed by atoms with Crippen LogP contribution in [-0.4, -0.2) is 11.3 Å². The van der Waals surface area contributed by atoms with Crippen LogP contribution in [0.25, 0.3) is 83.1 Å². The minimum absolute atomic E-state index is 0.121. The molecule has 0 atom stereocenters. The van der Waals surface area contributed by atoms with Gasteiger partial charge in [-0.25, -0.2) is 0 Å². The summed E-state index contributed by atoms with van der Waals surface area (Å²) in [6.07, 6.45) is 0. The third kappa shape index (κ3) is 15.6. The normalized spacial score (nSPS) is 14.6. The second kappa shape index (κ2) is 28.9. The van der Waals surface area contributed by atoms with Gasteiger partial charge in [-0.05, 0) is 249 Å². The molecule has 0 fully saturated rings. The third-order valence-electron chi connectivity index (χ3n) is 26.0. The van der Waals surface area contributed by atoms with Gasteiger partial charge in [0.2, 0.25) is 0 Å². The Kier molecular flexibility index (Phi) is 18.9. The molecule has 3 nitrogen and oxygen atoms in total. The van der Waals surface area contributed by atoms with Gasteiger partial charge < -0.3 is 14.4 Å². The van der Waals surface area contributed by atoms with Gasteiger partial charge in [-0.2, -0.15) is 0 Å². The molecule has 120 heavy (non-hydrogen) atoms. The molecule has 2 aliphatic heterocycles. The number of nitrogens with zero attached hydrogens (tertiary/aromatic N) is 3. The largest absolute Gasteiger partial charge is 0.310 e. The maximum atomic E-state index is 9.93. The monoisotopic (exact) mass is 1590 g/mol. The van der Waals surface area contributed by atoms with E-state index in [4.69, 9.17) is 1.37 Å². The maximum absolute atomic E-state index is 9.93. The number of rotatable bonds is 8. The first-order chi connectivity index (χ1) is 57.5. The van der Waals surface area contributed by atoms with E-state index in [0.29, 0.717) is 5.56 Å². The van der Waals surface area contributed by atoms with E-state index in [9.17, 15) is 5.48 Å². The van der Waals surface area contributed by atoms with Gasteiger partial charge in [0.15, 0.2) is 0 Å². The Labute approximate surface area is 730 Å². The van der Waals surface area contributed by atoms with Crippen LogP contribution >= 0.6 is 0 Å². The highest BCUT2D eigenvalue weighted by molar-refractivity contribution is 7.00. The average molecular weight is 1590 g/mol. The highest BCUT2D eigenvalue weighted by Crippen LogP contribution is 2.58. The molecule has 0 spiro atoms. The minimum Gasteiger partial charge on any atom is -0.310 e. The van der Waals surface area contributed by atoms with Crippen LogP contribution in [0.3, 0.4) is 0 Å². The predicted octanol–water partition coefficient (Wildman–Crippen LogP) is 31.5. The lowest BCUT2D eigenvalue weighted by molar-refractivity contribution is 0.569. The van der Waals surface area contributed by atoms with Crippen LogP contribution in [0.15, 0.2) is 224 Å². The highest BCUT2D eigenvalue weighted by atomic mass is 15.2. The highest BCUT2D eigenvalue weighted by Gasteiger charge is 2.48. The molecule has 0 unspecified atom stereocenters. The molecule has 12 aromatic carbocycles. The zero-order valence-corrected chi connectivity index (χ0v) is 78.9. The Balaban J connectivity index is 1.22. The van der Waals surface area contributed by atoms with Gasteiger partial charge in [0.05, 0.1) is 29.3 Å². The lowest BCUT2D eigenvalue weighted by Gasteiger charge is -2.47. The first-order valence-electron chi connectivity index (χ1n) is 46.7. The smallest absolute Gasteiger partial charge is 0.252 e. The van der Waals surface area contributed by atoms with E-state index in [2.05, 4.69) is 431 Å². The van der Waals surface area contributed by atoms with Crippen LogP contribution in [0, 0.1) is 0 Å². The summed E-state index contributed by atoms with van der Waals surface area (Å²) in [6.45, 7) is 76.7. The average Bonchev–Trinajstić information content (AvgIpc) is 0.776. The van der Waals surface area contributed by atoms with Gasteiger partial charge >= 0.3 is 0 Å². The van der Waals surface area contributed by atoms with E-state index in [1.807, 2.05) is 6.07 Å². The molecular formula is C116H136BN3. The van der Waals surface area contributed by atoms with Crippen LogP contribution in [0.4, 0.5) is 34.1 Å². The predicted molar refractivity (Wildman–Crippen MR) is 528 cm³/mol. The fourth-order valence-electron chi connectivity index (χ4n) is 18.3. The minimum atomic E-state index is -0.492. The fraction of sp³-hybridized carbons (Fsp3) is 0.379. The van der Waals surface area contributed by atoms with E-state index in [-0.39, 0.29) is 83.9 Å². The molecule has 13 aromatic rings. The Hall–Kier alpha value is -9.90. The van der Waals surface area contributed by atoms with E-state index < -0.39 is 18.2 Å². The Morgan fingerprint density at radius 1 is 0.233 bits per heavy atom. The van der Waals surface area contributed by atoms with Gasteiger partial charge in [-0.3, -0.25) is 0 Å². The summed E-state index contributed by atoms with van der Waals surface area (Å²) in [6, 6.07) is 75.2. The lowest BCUT2D eigenvalue weighted by Crippen LogP contribution is -2.61. The molecule has 618 valence electrons. The number of aromatic nitrogens is 1. The molecular weight excluding hydrogens is 1450 g/mol. The fourth-order valence-corrected chi connectivity index (χ4v) is 18.3. The van der Waals surface area contributed by atoms with Crippen molar-refractivity contribution in [2.24, 2.45) is 0 Å². The van der Waals surface area contributed by atoms with Crippen molar-refractivity contribution in [1.82, 2.24) is 4.57 Å². The van der Waals surface area contributed by atoms with Crippen molar-refractivity contribution >= 4 is 79.0 Å². The summed E-state index contributed by atoms with van der Waals surface area (Å²) in [4.78, 5) is 5.35. The van der Waals surface area contributed by atoms with Gasteiger partial charge in [0.1, 0.15) is 0 Å². The van der Waals surface area contributed by atoms with Crippen molar-refractivity contribution in [2.75, 3.05) is 9.80 Å². The second-order valence-corrected chi connectivity index (χ2v) is 46.6. The van der Waals surface area contributed by atoms with Crippen LogP contribution in [0.1, 0.15) is 297 Å². The third-order valence-corrected chi connectivity index (χ3v) is 26.0. The van der Waals surface area contributed by atoms with Crippen molar-refractivity contribution in [3.63, 3.8) is 0 Å². The molecule has 1 aromatic heterocycles. The topological polar surface area (TPSA) is 11.4 Å². The van der Waals surface area contributed by atoms with Gasteiger partial charge in [-0.1, -0.05) is 374 Å². The number of benzene rings is 12. The SMILES string of the molecule is [2H]c1c([2H])c([2H])c(-c2ccc3c(c2)N(c2c(-c4ccc(C(C)(C)C)cc4)cc(C(C)(C)C)cc2-c2ccc(C(C)(C)C)cc2C(C)(C)C)c2cc(C(C)(C)C)cc4c2B3c2ccc(-n3c5ccc(C(C)(C)C)cc5c5cc(C(C)(C)C)ccc53)cc2N4c2c(-c3ccc(C(C)(C)C)cc3)cc(C(C)(C)C)cc2-c2cc(C(C)(C)C)ccc2C(C)(C)C)c([2H])c1[2H]. The van der Waals surface area contributed by atoms with Crippen LogP contribution < -0.4 is 26.2 Å². The molecule has 0 radical (unpaired) electrons. The molecule has 2 aliphatic rings. The van der Waals surface area contributed by atoms with Crippen LogP contribution in [0.2, 0.25) is 0 Å². The summed E-state index contributed by atoms with van der Waals surface area (Å²) in [5, 5.41) is 2.42. The summed E-state index contributed by atoms with van der Waals surface area (Å²) >= 11 is 0. The molecule has 0 amide bonds. The van der Waals surface area contributed by atoms with Crippen molar-refractivity contribution in [3.05, 3.63) is 286 Å². The molecule has 3 heterocycles. The standard InChI is InChI=1S/C116H136BN3/c1-106(2,3)75-44-39-72(40-45-75)86-63-81(112(19,20)21)65-91(85-53-48-80(111(16,17)18)67-94(85)116(31,32)33)104(86)119-99-59-74(71-37-35-34-36-38-71)43-55-95(99)117-96-56-52-84(118-97-57-50-78(109(10,11)12)61-89(97)90-62-79(110(13,14)15)51-58-98(90)118)70-100(96)120(102-69-83(114(25,26)27)68-101(119)103(102)117)105-87(73-41-46-76(47-42-73)107(4,5)6)64-82(113(22,23)24)66-92(105)88-60-77(108(7,8)9)49-54-93(88)115(28,29)30/h34-70H,1-33H3/i34D,35D,36D,37D,38D. The van der Waals surface area contributed by atoms with Gasteiger partial charge in [0, 0.05) is 61.5 Å². The molecule has 0 saturated carbocycles. The zero-order chi connectivity index (χ0) is 91.5. The number of hydrogen-bond donors (Lipinski definition) is 0. The first-order valence-corrected chi connectivity index (χ1v) is 44.2. The van der Waals surface area contributed by atoms with Crippen LogP contribution in [-0.2, 0) is 59.6 Å². The van der Waals surface area contributed by atoms with Crippen LogP contribution in [0.5, 0.6) is 0 Å². The summed E-state index contributed by atoms with van der Waals surface area (Å²) in [7, 11) is 0. The van der Waals surface area contributed by atoms with E-state index in [1.54, 1.807) is 0 Å².